The fraction of sp³-hybridized carbons (Fsp3) is 0.375. The molecule has 0 aliphatic carbocycles. The number of benzene rings is 2. The maximum Gasteiger partial charge on any atom is 0.255 e. The molecule has 158 valence electrons. The van der Waals surface area contributed by atoms with Crippen LogP contribution >= 0.6 is 0 Å². The van der Waals surface area contributed by atoms with E-state index >= 15 is 0 Å². The van der Waals surface area contributed by atoms with Gasteiger partial charge in [0, 0.05) is 36.4 Å². The van der Waals surface area contributed by atoms with Gasteiger partial charge in [0.2, 0.25) is 5.91 Å². The second kappa shape index (κ2) is 10.1. The number of nitrogens with zero attached hydrogens (tertiary/aromatic N) is 1. The highest BCUT2D eigenvalue weighted by Crippen LogP contribution is 2.20. The van der Waals surface area contributed by atoms with Crippen molar-refractivity contribution in [2.45, 2.75) is 26.7 Å². The number of hydrogen-bond donors (Lipinski definition) is 2. The Bertz CT molecular complexity index is 878. The molecule has 0 aromatic heterocycles. The van der Waals surface area contributed by atoms with Gasteiger partial charge in [-0.15, -0.1) is 0 Å². The molecule has 1 aliphatic rings. The fourth-order valence-corrected chi connectivity index (χ4v) is 3.50. The first kappa shape index (κ1) is 21.6. The zero-order valence-electron chi connectivity index (χ0n) is 17.6. The van der Waals surface area contributed by atoms with Crippen molar-refractivity contribution in [1.82, 2.24) is 10.2 Å². The van der Waals surface area contributed by atoms with Gasteiger partial charge in [0.15, 0.2) is 0 Å². The van der Waals surface area contributed by atoms with Gasteiger partial charge >= 0.3 is 0 Å². The highest BCUT2D eigenvalue weighted by molar-refractivity contribution is 6.04. The van der Waals surface area contributed by atoms with Gasteiger partial charge < -0.3 is 15.5 Å². The Morgan fingerprint density at radius 1 is 1.00 bits per heavy atom. The number of nitrogens with one attached hydrogen (secondary N) is 2. The lowest BCUT2D eigenvalue weighted by Crippen LogP contribution is -2.46. The van der Waals surface area contributed by atoms with E-state index in [-0.39, 0.29) is 23.6 Å². The molecule has 0 spiro atoms. The molecule has 1 heterocycles. The SMILES string of the molecule is CC(C)CNC(=O)[C@@H]1CCCN(C(=O)c2ccc(NC(=O)c3ccccc3)cc2)C1. The quantitative estimate of drug-likeness (QED) is 0.768. The second-order valence-corrected chi connectivity index (χ2v) is 8.13. The second-order valence-electron chi connectivity index (χ2n) is 8.13. The molecular formula is C24H29N3O3. The molecule has 3 amide bonds. The molecule has 6 heteroatoms. The van der Waals surface area contributed by atoms with E-state index in [0.29, 0.717) is 42.4 Å². The highest BCUT2D eigenvalue weighted by Gasteiger charge is 2.28. The summed E-state index contributed by atoms with van der Waals surface area (Å²) in [5, 5.41) is 5.81. The van der Waals surface area contributed by atoms with E-state index < -0.39 is 0 Å². The van der Waals surface area contributed by atoms with Crippen molar-refractivity contribution in [3.63, 3.8) is 0 Å². The summed E-state index contributed by atoms with van der Waals surface area (Å²) in [6.45, 7) is 5.86. The summed E-state index contributed by atoms with van der Waals surface area (Å²) < 4.78 is 0. The predicted octanol–water partition coefficient (Wildman–Crippen LogP) is 3.56. The summed E-state index contributed by atoms with van der Waals surface area (Å²) in [6, 6.07) is 15.9. The molecule has 2 aromatic rings. The van der Waals surface area contributed by atoms with Gasteiger partial charge in [-0.1, -0.05) is 32.0 Å². The molecule has 1 atom stereocenters. The van der Waals surface area contributed by atoms with E-state index in [9.17, 15) is 14.4 Å². The Morgan fingerprint density at radius 2 is 1.70 bits per heavy atom. The summed E-state index contributed by atoms with van der Waals surface area (Å²) in [5.74, 6) is -0.0134. The van der Waals surface area contributed by atoms with Crippen LogP contribution in [0.15, 0.2) is 54.6 Å². The molecule has 2 N–H and O–H groups in total. The molecule has 2 aromatic carbocycles. The third-order valence-electron chi connectivity index (χ3n) is 5.19. The highest BCUT2D eigenvalue weighted by atomic mass is 16.2. The first-order valence-corrected chi connectivity index (χ1v) is 10.5. The molecule has 0 radical (unpaired) electrons. The van der Waals surface area contributed by atoms with Crippen LogP contribution in [0.4, 0.5) is 5.69 Å². The number of amides is 3. The summed E-state index contributed by atoms with van der Waals surface area (Å²) in [6.07, 6.45) is 1.62. The number of anilines is 1. The van der Waals surface area contributed by atoms with E-state index in [1.807, 2.05) is 18.2 Å². The normalized spacial score (nSPS) is 16.2. The summed E-state index contributed by atoms with van der Waals surface area (Å²) in [5.41, 5.74) is 1.76. The molecule has 30 heavy (non-hydrogen) atoms. The Labute approximate surface area is 177 Å². The van der Waals surface area contributed by atoms with Gasteiger partial charge in [-0.25, -0.2) is 0 Å². The molecule has 1 aliphatic heterocycles. The van der Waals surface area contributed by atoms with Crippen LogP contribution in [0.3, 0.4) is 0 Å². The maximum atomic E-state index is 12.9. The van der Waals surface area contributed by atoms with Crippen molar-refractivity contribution in [1.29, 1.82) is 0 Å². The van der Waals surface area contributed by atoms with Crippen LogP contribution in [-0.4, -0.2) is 42.3 Å². The lowest BCUT2D eigenvalue weighted by Gasteiger charge is -2.32. The van der Waals surface area contributed by atoms with Crippen LogP contribution in [0, 0.1) is 11.8 Å². The Kier molecular flexibility index (Phi) is 7.22. The van der Waals surface area contributed by atoms with E-state index in [1.165, 1.54) is 0 Å². The number of carbonyl (C=O) groups is 3. The van der Waals surface area contributed by atoms with Gasteiger partial charge in [-0.2, -0.15) is 0 Å². The topological polar surface area (TPSA) is 78.5 Å². The summed E-state index contributed by atoms with van der Waals surface area (Å²) in [4.78, 5) is 39.3. The number of rotatable bonds is 6. The van der Waals surface area contributed by atoms with Crippen LogP contribution in [0.25, 0.3) is 0 Å². The average Bonchev–Trinajstić information content (AvgIpc) is 2.78. The third kappa shape index (κ3) is 5.69. The lowest BCUT2D eigenvalue weighted by molar-refractivity contribution is -0.126. The molecule has 6 nitrogen and oxygen atoms in total. The molecular weight excluding hydrogens is 378 g/mol. The average molecular weight is 408 g/mol. The van der Waals surface area contributed by atoms with Crippen LogP contribution in [0.5, 0.6) is 0 Å². The molecule has 0 saturated carbocycles. The van der Waals surface area contributed by atoms with Gasteiger partial charge in [0.05, 0.1) is 5.92 Å². The van der Waals surface area contributed by atoms with E-state index in [4.69, 9.17) is 0 Å². The molecule has 1 fully saturated rings. The molecule has 0 bridgehead atoms. The van der Waals surface area contributed by atoms with Gasteiger partial charge in [-0.05, 0) is 55.2 Å². The van der Waals surface area contributed by atoms with Crippen LogP contribution in [0.1, 0.15) is 47.4 Å². The number of hydrogen-bond acceptors (Lipinski definition) is 3. The minimum Gasteiger partial charge on any atom is -0.356 e. The number of piperidine rings is 1. The molecule has 1 saturated heterocycles. The standard InChI is InChI=1S/C24H29N3O3/c1-17(2)15-25-22(28)20-9-6-14-27(16-20)24(30)19-10-12-21(13-11-19)26-23(29)18-7-4-3-5-8-18/h3-5,7-8,10-13,17,20H,6,9,14-16H2,1-2H3,(H,25,28)(H,26,29)/t20-/m1/s1. The minimum atomic E-state index is -0.194. The Balaban J connectivity index is 1.58. The number of carbonyl (C=O) groups excluding carboxylic acids is 3. The maximum absolute atomic E-state index is 12.9. The van der Waals surface area contributed by atoms with Crippen molar-refractivity contribution in [2.75, 3.05) is 25.0 Å². The minimum absolute atomic E-state index is 0.0279. The van der Waals surface area contributed by atoms with E-state index in [2.05, 4.69) is 24.5 Å². The fourth-order valence-electron chi connectivity index (χ4n) is 3.50. The Hall–Kier alpha value is -3.15. The summed E-state index contributed by atoms with van der Waals surface area (Å²) >= 11 is 0. The van der Waals surface area contributed by atoms with Crippen molar-refractivity contribution < 1.29 is 14.4 Å². The van der Waals surface area contributed by atoms with Gasteiger partial charge in [0.25, 0.3) is 11.8 Å². The lowest BCUT2D eigenvalue weighted by atomic mass is 9.96. The largest absolute Gasteiger partial charge is 0.356 e. The Morgan fingerprint density at radius 3 is 2.37 bits per heavy atom. The van der Waals surface area contributed by atoms with Crippen molar-refractivity contribution in [3.8, 4) is 0 Å². The van der Waals surface area contributed by atoms with Crippen LogP contribution in [0.2, 0.25) is 0 Å². The first-order valence-electron chi connectivity index (χ1n) is 10.5. The molecule has 3 rings (SSSR count). The smallest absolute Gasteiger partial charge is 0.255 e. The first-order chi connectivity index (χ1) is 14.4. The van der Waals surface area contributed by atoms with Gasteiger partial charge in [0.1, 0.15) is 0 Å². The van der Waals surface area contributed by atoms with Crippen LogP contribution < -0.4 is 10.6 Å². The zero-order valence-corrected chi connectivity index (χ0v) is 17.6. The van der Waals surface area contributed by atoms with E-state index in [1.54, 1.807) is 41.3 Å². The monoisotopic (exact) mass is 407 g/mol. The molecule has 0 unspecified atom stereocenters. The third-order valence-corrected chi connectivity index (χ3v) is 5.19. The van der Waals surface area contributed by atoms with Gasteiger partial charge in [-0.3, -0.25) is 14.4 Å². The van der Waals surface area contributed by atoms with Crippen molar-refractivity contribution in [2.24, 2.45) is 11.8 Å². The van der Waals surface area contributed by atoms with Crippen molar-refractivity contribution >= 4 is 23.4 Å². The van der Waals surface area contributed by atoms with E-state index in [0.717, 1.165) is 12.8 Å². The van der Waals surface area contributed by atoms with Crippen molar-refractivity contribution in [3.05, 3.63) is 65.7 Å². The number of likely N-dealkylation sites (tertiary alicyclic amines) is 1. The van der Waals surface area contributed by atoms with Crippen LogP contribution in [-0.2, 0) is 4.79 Å². The summed E-state index contributed by atoms with van der Waals surface area (Å²) in [7, 11) is 0. The predicted molar refractivity (Wildman–Crippen MR) is 117 cm³/mol. The zero-order chi connectivity index (χ0) is 21.5.